The van der Waals surface area contributed by atoms with Gasteiger partial charge in [0.1, 0.15) is 11.3 Å². The summed E-state index contributed by atoms with van der Waals surface area (Å²) in [5, 5.41) is 1.41. The van der Waals surface area contributed by atoms with E-state index in [4.69, 9.17) is 21.8 Å². The van der Waals surface area contributed by atoms with Crippen LogP contribution in [-0.2, 0) is 0 Å². The quantitative estimate of drug-likeness (QED) is 0.791. The molecule has 0 aromatic carbocycles. The van der Waals surface area contributed by atoms with Crippen molar-refractivity contribution in [2.24, 2.45) is 0 Å². The molecule has 0 bridgehead atoms. The summed E-state index contributed by atoms with van der Waals surface area (Å²) in [4.78, 5) is 11.6. The molecule has 0 radical (unpaired) electrons. The maximum Gasteiger partial charge on any atom is 0.262 e. The molecule has 0 aliphatic carbocycles. The van der Waals surface area contributed by atoms with Gasteiger partial charge in [-0.25, -0.2) is 15.0 Å². The van der Waals surface area contributed by atoms with E-state index >= 15 is 0 Å². The van der Waals surface area contributed by atoms with Crippen molar-refractivity contribution in [3.8, 4) is 0 Å². The molecule has 0 saturated heterocycles. The first kappa shape index (κ1) is 9.29. The summed E-state index contributed by atoms with van der Waals surface area (Å²) in [7, 11) is 0. The molecule has 2 heterocycles. The van der Waals surface area contributed by atoms with Crippen LogP contribution in [0, 0.1) is 0 Å². The van der Waals surface area contributed by atoms with Crippen molar-refractivity contribution < 1.29 is 4.42 Å². The van der Waals surface area contributed by atoms with E-state index in [1.807, 2.05) is 0 Å². The Balaban J connectivity index is 2.28. The smallest absolute Gasteiger partial charge is 0.262 e. The van der Waals surface area contributed by atoms with Crippen LogP contribution in [0.4, 0.5) is 5.95 Å². The molecule has 14 heavy (non-hydrogen) atoms. The minimum Gasteiger partial charge on any atom is -0.440 e. The highest BCUT2D eigenvalue weighted by atomic mass is 35.5. The average Bonchev–Trinajstić information content (AvgIpc) is 2.64. The Morgan fingerprint density at radius 3 is 3.00 bits per heavy atom. The van der Waals surface area contributed by atoms with Crippen molar-refractivity contribution in [1.82, 2.24) is 15.0 Å². The van der Waals surface area contributed by atoms with Gasteiger partial charge in [-0.3, -0.25) is 0 Å². The summed E-state index contributed by atoms with van der Waals surface area (Å²) < 4.78 is 5.02. The molecule has 0 aliphatic rings. The molecular formula is C7H5ClN4OS. The predicted molar refractivity (Wildman–Crippen MR) is 52.1 cm³/mol. The van der Waals surface area contributed by atoms with Crippen LogP contribution in [0.3, 0.4) is 0 Å². The van der Waals surface area contributed by atoms with Gasteiger partial charge in [0.05, 0.1) is 17.4 Å². The monoisotopic (exact) mass is 228 g/mol. The van der Waals surface area contributed by atoms with Crippen molar-refractivity contribution >= 4 is 29.3 Å². The zero-order valence-electron chi connectivity index (χ0n) is 6.85. The lowest BCUT2D eigenvalue weighted by Crippen LogP contribution is -1.95. The summed E-state index contributed by atoms with van der Waals surface area (Å²) in [5.41, 5.74) is 5.41. The number of nitrogen functional groups attached to an aromatic ring is 1. The first-order valence-electron chi connectivity index (χ1n) is 3.61. The van der Waals surface area contributed by atoms with Crippen molar-refractivity contribution in [3.05, 3.63) is 23.7 Å². The molecule has 2 aromatic rings. The fraction of sp³-hybridized carbons (Fsp3) is 0. The number of halogens is 1. The lowest BCUT2D eigenvalue weighted by atomic mass is 10.7. The van der Waals surface area contributed by atoms with E-state index in [-0.39, 0.29) is 5.95 Å². The molecule has 2 rings (SSSR count). The molecule has 2 N–H and O–H groups in total. The fourth-order valence-corrected chi connectivity index (χ4v) is 1.66. The fourth-order valence-electron chi connectivity index (χ4n) is 0.779. The molecule has 0 fully saturated rings. The van der Waals surface area contributed by atoms with Crippen LogP contribution in [0.15, 0.2) is 33.3 Å². The summed E-state index contributed by atoms with van der Waals surface area (Å²) in [6.45, 7) is 0. The maximum absolute atomic E-state index is 5.84. The minimum atomic E-state index is 0.170. The Labute approximate surface area is 88.7 Å². The standard InChI is InChI=1S/C7H5ClN4OS/c8-4-3-11-6(9)12-5(4)14-7-10-1-2-13-7/h1-3H,(H2,9,11,12). The van der Waals surface area contributed by atoms with Crippen LogP contribution in [0.5, 0.6) is 0 Å². The Kier molecular flexibility index (Phi) is 2.55. The van der Waals surface area contributed by atoms with Crippen LogP contribution < -0.4 is 5.73 Å². The van der Waals surface area contributed by atoms with Gasteiger partial charge >= 0.3 is 0 Å². The third-order valence-electron chi connectivity index (χ3n) is 1.32. The molecule has 7 heteroatoms. The third-order valence-corrected chi connectivity index (χ3v) is 2.59. The van der Waals surface area contributed by atoms with Crippen LogP contribution in [-0.4, -0.2) is 15.0 Å². The highest BCUT2D eigenvalue weighted by Crippen LogP contribution is 2.30. The zero-order chi connectivity index (χ0) is 9.97. The SMILES string of the molecule is Nc1ncc(Cl)c(Sc2ncco2)n1. The van der Waals surface area contributed by atoms with Crippen molar-refractivity contribution in [2.45, 2.75) is 10.2 Å². The number of hydrogen-bond acceptors (Lipinski definition) is 6. The molecule has 0 amide bonds. The second kappa shape index (κ2) is 3.85. The van der Waals surface area contributed by atoms with Gasteiger partial charge in [0, 0.05) is 0 Å². The number of rotatable bonds is 2. The Morgan fingerprint density at radius 1 is 1.43 bits per heavy atom. The number of aromatic nitrogens is 3. The van der Waals surface area contributed by atoms with Crippen molar-refractivity contribution in [1.29, 1.82) is 0 Å². The Bertz CT molecular complexity index is 433. The number of oxazole rings is 1. The van der Waals surface area contributed by atoms with Crippen LogP contribution in [0.1, 0.15) is 0 Å². The van der Waals surface area contributed by atoms with Crippen LogP contribution in [0.25, 0.3) is 0 Å². The first-order valence-corrected chi connectivity index (χ1v) is 4.80. The second-order valence-corrected chi connectivity index (χ2v) is 3.63. The average molecular weight is 229 g/mol. The molecule has 0 atom stereocenters. The highest BCUT2D eigenvalue weighted by molar-refractivity contribution is 7.99. The highest BCUT2D eigenvalue weighted by Gasteiger charge is 2.08. The van der Waals surface area contributed by atoms with E-state index in [0.29, 0.717) is 15.3 Å². The van der Waals surface area contributed by atoms with Crippen molar-refractivity contribution in [3.63, 3.8) is 0 Å². The summed E-state index contributed by atoms with van der Waals surface area (Å²) >= 11 is 7.04. The van der Waals surface area contributed by atoms with E-state index in [1.165, 1.54) is 24.2 Å². The molecular weight excluding hydrogens is 224 g/mol. The predicted octanol–water partition coefficient (Wildman–Crippen LogP) is 1.85. The number of nitrogens with zero attached hydrogens (tertiary/aromatic N) is 3. The van der Waals surface area contributed by atoms with Crippen LogP contribution in [0.2, 0.25) is 5.02 Å². The van der Waals surface area contributed by atoms with E-state index in [9.17, 15) is 0 Å². The largest absolute Gasteiger partial charge is 0.440 e. The normalized spacial score (nSPS) is 10.4. The zero-order valence-corrected chi connectivity index (χ0v) is 8.42. The van der Waals surface area contributed by atoms with Crippen molar-refractivity contribution in [2.75, 3.05) is 5.73 Å². The molecule has 72 valence electrons. The first-order chi connectivity index (χ1) is 6.75. The maximum atomic E-state index is 5.84. The number of hydrogen-bond donors (Lipinski definition) is 1. The second-order valence-electron chi connectivity index (χ2n) is 2.28. The van der Waals surface area contributed by atoms with Gasteiger partial charge in [-0.2, -0.15) is 0 Å². The van der Waals surface area contributed by atoms with E-state index < -0.39 is 0 Å². The molecule has 2 aromatic heterocycles. The molecule has 0 unspecified atom stereocenters. The minimum absolute atomic E-state index is 0.170. The van der Waals surface area contributed by atoms with Gasteiger partial charge < -0.3 is 10.2 Å². The van der Waals surface area contributed by atoms with Gasteiger partial charge in [0.15, 0.2) is 0 Å². The Morgan fingerprint density at radius 2 is 2.29 bits per heavy atom. The summed E-state index contributed by atoms with van der Waals surface area (Å²) in [6.07, 6.45) is 4.46. The number of anilines is 1. The van der Waals surface area contributed by atoms with Crippen LogP contribution >= 0.6 is 23.4 Å². The molecule has 0 saturated carbocycles. The van der Waals surface area contributed by atoms with Gasteiger partial charge in [-0.05, 0) is 11.8 Å². The number of nitrogens with two attached hydrogens (primary N) is 1. The lowest BCUT2D eigenvalue weighted by Gasteiger charge is -1.99. The lowest BCUT2D eigenvalue weighted by molar-refractivity contribution is 0.454. The topological polar surface area (TPSA) is 77.8 Å². The van der Waals surface area contributed by atoms with E-state index in [2.05, 4.69) is 15.0 Å². The summed E-state index contributed by atoms with van der Waals surface area (Å²) in [6, 6.07) is 0. The van der Waals surface area contributed by atoms with Gasteiger partial charge in [0.25, 0.3) is 5.22 Å². The molecule has 5 nitrogen and oxygen atoms in total. The van der Waals surface area contributed by atoms with Gasteiger partial charge in [-0.1, -0.05) is 11.6 Å². The van der Waals surface area contributed by atoms with Gasteiger partial charge in [0.2, 0.25) is 5.95 Å². The summed E-state index contributed by atoms with van der Waals surface area (Å²) in [5.74, 6) is 0.170. The van der Waals surface area contributed by atoms with E-state index in [0.717, 1.165) is 0 Å². The third kappa shape index (κ3) is 1.97. The van der Waals surface area contributed by atoms with E-state index in [1.54, 1.807) is 6.20 Å². The van der Waals surface area contributed by atoms with Gasteiger partial charge in [-0.15, -0.1) is 0 Å². The Hall–Kier alpha value is -1.27. The molecule has 0 spiro atoms. The molecule has 0 aliphatic heterocycles.